The highest BCUT2D eigenvalue weighted by atomic mass is 35.5. The Morgan fingerprint density at radius 3 is 2.96 bits per heavy atom. The lowest BCUT2D eigenvalue weighted by molar-refractivity contribution is -0.127. The van der Waals surface area contributed by atoms with Gasteiger partial charge in [0.05, 0.1) is 18.2 Å². The topological polar surface area (TPSA) is 84.7 Å². The van der Waals surface area contributed by atoms with Gasteiger partial charge in [0.15, 0.2) is 0 Å². The maximum absolute atomic E-state index is 12.5. The predicted molar refractivity (Wildman–Crippen MR) is 88.7 cm³/mol. The third-order valence-corrected chi connectivity index (χ3v) is 3.96. The van der Waals surface area contributed by atoms with Crippen molar-refractivity contribution in [2.45, 2.75) is 25.8 Å². The number of carbonyl (C=O) groups is 2. The number of halogens is 1. The summed E-state index contributed by atoms with van der Waals surface area (Å²) in [5.41, 5.74) is 5.86. The minimum Gasteiger partial charge on any atom is -0.493 e. The van der Waals surface area contributed by atoms with Gasteiger partial charge in [-0.2, -0.15) is 0 Å². The van der Waals surface area contributed by atoms with Crippen molar-refractivity contribution in [3.8, 4) is 5.75 Å². The Balaban J connectivity index is 2.05. The molecule has 0 bridgehead atoms. The molecule has 1 atom stereocenters. The summed E-state index contributed by atoms with van der Waals surface area (Å²) in [5, 5.41) is 3.39. The molecule has 23 heavy (non-hydrogen) atoms. The number of hydrogen-bond donors (Lipinski definition) is 2. The fourth-order valence-corrected chi connectivity index (χ4v) is 2.67. The molecule has 1 heterocycles. The lowest BCUT2D eigenvalue weighted by Crippen LogP contribution is -2.37. The molecule has 1 saturated heterocycles. The normalized spacial score (nSPS) is 17.4. The Labute approximate surface area is 140 Å². The van der Waals surface area contributed by atoms with Gasteiger partial charge in [0.1, 0.15) is 5.75 Å². The molecule has 0 unspecified atom stereocenters. The monoisotopic (exact) mass is 339 g/mol. The molecule has 1 aromatic rings. The standard InChI is InChI=1S/C16H22ClN3O3/c1-2-20-10-12(9-15(20)21)19-16(22)13-5-4-11(17)8-14(13)23-7-3-6-18/h4-5,8,12H,2-3,6-7,9-10,18H2,1H3,(H,19,22)/t12-/m0/s1. The van der Waals surface area contributed by atoms with Gasteiger partial charge in [0.2, 0.25) is 5.91 Å². The van der Waals surface area contributed by atoms with Crippen LogP contribution in [0.15, 0.2) is 18.2 Å². The van der Waals surface area contributed by atoms with Crippen LogP contribution in [0.3, 0.4) is 0 Å². The number of nitrogens with zero attached hydrogens (tertiary/aromatic N) is 1. The Morgan fingerprint density at radius 1 is 1.52 bits per heavy atom. The number of benzene rings is 1. The number of nitrogens with two attached hydrogens (primary N) is 1. The third kappa shape index (κ3) is 4.59. The van der Waals surface area contributed by atoms with Gasteiger partial charge in [0, 0.05) is 24.5 Å². The van der Waals surface area contributed by atoms with E-state index in [9.17, 15) is 9.59 Å². The van der Waals surface area contributed by atoms with E-state index < -0.39 is 0 Å². The van der Waals surface area contributed by atoms with Crippen LogP contribution >= 0.6 is 11.6 Å². The molecular formula is C16H22ClN3O3. The molecule has 0 saturated carbocycles. The van der Waals surface area contributed by atoms with Crippen molar-refractivity contribution in [1.82, 2.24) is 10.2 Å². The molecule has 1 fully saturated rings. The SMILES string of the molecule is CCN1C[C@@H](NC(=O)c2ccc(Cl)cc2OCCCN)CC1=O. The number of hydrogen-bond acceptors (Lipinski definition) is 4. The van der Waals surface area contributed by atoms with E-state index in [1.54, 1.807) is 23.1 Å². The highest BCUT2D eigenvalue weighted by molar-refractivity contribution is 6.30. The van der Waals surface area contributed by atoms with E-state index in [-0.39, 0.29) is 17.9 Å². The van der Waals surface area contributed by atoms with Crippen molar-refractivity contribution in [2.24, 2.45) is 5.73 Å². The summed E-state index contributed by atoms with van der Waals surface area (Å²) in [4.78, 5) is 25.9. The summed E-state index contributed by atoms with van der Waals surface area (Å²) in [6.45, 7) is 4.05. The number of likely N-dealkylation sites (tertiary alicyclic amines) is 1. The first kappa shape index (κ1) is 17.6. The molecule has 7 heteroatoms. The maximum atomic E-state index is 12.5. The van der Waals surface area contributed by atoms with E-state index in [1.807, 2.05) is 6.92 Å². The van der Waals surface area contributed by atoms with Crippen molar-refractivity contribution >= 4 is 23.4 Å². The molecule has 2 rings (SSSR count). The second-order valence-electron chi connectivity index (χ2n) is 5.44. The molecule has 1 aliphatic heterocycles. The molecule has 3 N–H and O–H groups in total. The van der Waals surface area contributed by atoms with E-state index >= 15 is 0 Å². The van der Waals surface area contributed by atoms with Crippen LogP contribution < -0.4 is 15.8 Å². The third-order valence-electron chi connectivity index (χ3n) is 3.73. The van der Waals surface area contributed by atoms with E-state index in [0.717, 1.165) is 0 Å². The fourth-order valence-electron chi connectivity index (χ4n) is 2.51. The van der Waals surface area contributed by atoms with Crippen molar-refractivity contribution in [1.29, 1.82) is 0 Å². The molecule has 1 aliphatic rings. The first-order chi connectivity index (χ1) is 11.0. The lowest BCUT2D eigenvalue weighted by atomic mass is 10.1. The minimum atomic E-state index is -0.264. The Bertz CT molecular complexity index is 580. The molecule has 0 aromatic heterocycles. The zero-order chi connectivity index (χ0) is 16.8. The average molecular weight is 340 g/mol. The Kier molecular flexibility index (Phi) is 6.24. The molecule has 0 aliphatic carbocycles. The van der Waals surface area contributed by atoms with E-state index in [0.29, 0.717) is 55.4 Å². The van der Waals surface area contributed by atoms with E-state index in [4.69, 9.17) is 22.1 Å². The number of rotatable bonds is 7. The smallest absolute Gasteiger partial charge is 0.255 e. The molecule has 0 radical (unpaired) electrons. The highest BCUT2D eigenvalue weighted by Gasteiger charge is 2.30. The van der Waals surface area contributed by atoms with Gasteiger partial charge in [-0.15, -0.1) is 0 Å². The van der Waals surface area contributed by atoms with Gasteiger partial charge in [-0.1, -0.05) is 11.6 Å². The van der Waals surface area contributed by atoms with Gasteiger partial charge in [0.25, 0.3) is 5.91 Å². The van der Waals surface area contributed by atoms with E-state index in [1.165, 1.54) is 0 Å². The van der Waals surface area contributed by atoms with Gasteiger partial charge in [-0.25, -0.2) is 0 Å². The summed E-state index contributed by atoms with van der Waals surface area (Å²) in [6.07, 6.45) is 1.02. The van der Waals surface area contributed by atoms with Gasteiger partial charge in [-0.3, -0.25) is 9.59 Å². The Hall–Kier alpha value is -1.79. The first-order valence-electron chi connectivity index (χ1n) is 7.76. The van der Waals surface area contributed by atoms with Crippen LogP contribution in [0.5, 0.6) is 5.75 Å². The summed E-state index contributed by atoms with van der Waals surface area (Å²) in [7, 11) is 0. The van der Waals surface area contributed by atoms with Crippen molar-refractivity contribution in [2.75, 3.05) is 26.2 Å². The molecule has 2 amide bonds. The number of likely N-dealkylation sites (N-methyl/N-ethyl adjacent to an activating group) is 1. The molecule has 1 aromatic carbocycles. The number of nitrogens with one attached hydrogen (secondary N) is 1. The molecule has 6 nitrogen and oxygen atoms in total. The van der Waals surface area contributed by atoms with Crippen LogP contribution in [-0.4, -0.2) is 49.0 Å². The first-order valence-corrected chi connectivity index (χ1v) is 8.14. The highest BCUT2D eigenvalue weighted by Crippen LogP contribution is 2.24. The summed E-state index contributed by atoms with van der Waals surface area (Å²) in [5.74, 6) is 0.230. The van der Waals surface area contributed by atoms with Crippen molar-refractivity contribution in [3.63, 3.8) is 0 Å². The van der Waals surface area contributed by atoms with Gasteiger partial charge in [-0.05, 0) is 38.1 Å². The molecule has 126 valence electrons. The van der Waals surface area contributed by atoms with E-state index in [2.05, 4.69) is 5.32 Å². The molecule has 0 spiro atoms. The van der Waals surface area contributed by atoms with Crippen molar-refractivity contribution in [3.05, 3.63) is 28.8 Å². The Morgan fingerprint density at radius 2 is 2.30 bits per heavy atom. The van der Waals surface area contributed by atoms with Crippen LogP contribution in [0.2, 0.25) is 5.02 Å². The zero-order valence-corrected chi connectivity index (χ0v) is 13.9. The lowest BCUT2D eigenvalue weighted by Gasteiger charge is -2.16. The second-order valence-corrected chi connectivity index (χ2v) is 5.87. The maximum Gasteiger partial charge on any atom is 0.255 e. The van der Waals surface area contributed by atoms with Crippen LogP contribution in [0.4, 0.5) is 0 Å². The summed E-state index contributed by atoms with van der Waals surface area (Å²) < 4.78 is 5.60. The fraction of sp³-hybridized carbons (Fsp3) is 0.500. The number of carbonyl (C=O) groups excluding carboxylic acids is 2. The largest absolute Gasteiger partial charge is 0.493 e. The second kappa shape index (κ2) is 8.17. The van der Waals surface area contributed by atoms with Crippen LogP contribution in [0, 0.1) is 0 Å². The van der Waals surface area contributed by atoms with Crippen LogP contribution in [0.1, 0.15) is 30.1 Å². The minimum absolute atomic E-state index is 0.0633. The zero-order valence-electron chi connectivity index (χ0n) is 13.2. The number of amides is 2. The number of ether oxygens (including phenoxy) is 1. The molecular weight excluding hydrogens is 318 g/mol. The van der Waals surface area contributed by atoms with Crippen molar-refractivity contribution < 1.29 is 14.3 Å². The summed E-state index contributed by atoms with van der Waals surface area (Å²) in [6, 6.07) is 4.71. The average Bonchev–Trinajstić information content (AvgIpc) is 2.87. The van der Waals surface area contributed by atoms with Gasteiger partial charge >= 0.3 is 0 Å². The van der Waals surface area contributed by atoms with Gasteiger partial charge < -0.3 is 20.7 Å². The summed E-state index contributed by atoms with van der Waals surface area (Å²) >= 11 is 5.97. The van der Waals surface area contributed by atoms with Crippen LogP contribution in [-0.2, 0) is 4.79 Å². The predicted octanol–water partition coefficient (Wildman–Crippen LogP) is 1.42. The van der Waals surface area contributed by atoms with Crippen LogP contribution in [0.25, 0.3) is 0 Å². The quantitative estimate of drug-likeness (QED) is 0.736.